The van der Waals surface area contributed by atoms with E-state index in [1.807, 2.05) is 0 Å². The van der Waals surface area contributed by atoms with Crippen LogP contribution in [0.5, 0.6) is 11.6 Å². The SMILES string of the molecule is COc1ccc(-c2ccnc(OC)c2)c(C(=O)O)c1. The molecule has 1 N–H and O–H groups in total. The number of pyridine rings is 1. The van der Waals surface area contributed by atoms with Gasteiger partial charge >= 0.3 is 5.97 Å². The highest BCUT2D eigenvalue weighted by atomic mass is 16.5. The van der Waals surface area contributed by atoms with Crippen LogP contribution < -0.4 is 9.47 Å². The Morgan fingerprint density at radius 3 is 2.58 bits per heavy atom. The van der Waals surface area contributed by atoms with Crippen molar-refractivity contribution in [2.75, 3.05) is 14.2 Å². The van der Waals surface area contributed by atoms with E-state index < -0.39 is 5.97 Å². The largest absolute Gasteiger partial charge is 0.497 e. The number of hydrogen-bond donors (Lipinski definition) is 1. The monoisotopic (exact) mass is 259 g/mol. The summed E-state index contributed by atoms with van der Waals surface area (Å²) in [7, 11) is 3.01. The molecule has 0 aliphatic heterocycles. The van der Waals surface area contributed by atoms with E-state index in [0.717, 1.165) is 5.56 Å². The standard InChI is InChI=1S/C14H13NO4/c1-18-10-3-4-11(12(8-10)14(16)17)9-5-6-15-13(7-9)19-2/h3-8H,1-2H3,(H,16,17). The van der Waals surface area contributed by atoms with Gasteiger partial charge in [0.1, 0.15) is 5.75 Å². The van der Waals surface area contributed by atoms with Crippen molar-refractivity contribution in [3.8, 4) is 22.8 Å². The maximum Gasteiger partial charge on any atom is 0.336 e. The minimum Gasteiger partial charge on any atom is -0.497 e. The Morgan fingerprint density at radius 1 is 1.16 bits per heavy atom. The fourth-order valence-corrected chi connectivity index (χ4v) is 1.77. The van der Waals surface area contributed by atoms with Crippen molar-refractivity contribution in [3.63, 3.8) is 0 Å². The Bertz CT molecular complexity index is 610. The lowest BCUT2D eigenvalue weighted by Gasteiger charge is -2.09. The van der Waals surface area contributed by atoms with Gasteiger partial charge < -0.3 is 14.6 Å². The number of methoxy groups -OCH3 is 2. The molecule has 0 aliphatic rings. The maximum absolute atomic E-state index is 11.3. The average molecular weight is 259 g/mol. The number of carboxylic acid groups (broad SMARTS) is 1. The van der Waals surface area contributed by atoms with Gasteiger partial charge in [-0.05, 0) is 35.4 Å². The van der Waals surface area contributed by atoms with Crippen LogP contribution in [0.15, 0.2) is 36.5 Å². The molecule has 0 saturated carbocycles. The number of aromatic carboxylic acids is 1. The number of carbonyl (C=O) groups is 1. The summed E-state index contributed by atoms with van der Waals surface area (Å²) in [6.45, 7) is 0. The Kier molecular flexibility index (Phi) is 3.66. The smallest absolute Gasteiger partial charge is 0.336 e. The molecule has 1 heterocycles. The highest BCUT2D eigenvalue weighted by Gasteiger charge is 2.13. The predicted molar refractivity (Wildman–Crippen MR) is 69.7 cm³/mol. The molecule has 0 spiro atoms. The Morgan fingerprint density at radius 2 is 1.95 bits per heavy atom. The van der Waals surface area contributed by atoms with E-state index in [2.05, 4.69) is 4.98 Å². The first-order valence-electron chi connectivity index (χ1n) is 5.57. The van der Waals surface area contributed by atoms with Crippen LogP contribution in [0.1, 0.15) is 10.4 Å². The van der Waals surface area contributed by atoms with E-state index in [-0.39, 0.29) is 5.56 Å². The summed E-state index contributed by atoms with van der Waals surface area (Å²) in [6, 6.07) is 8.33. The van der Waals surface area contributed by atoms with Crippen molar-refractivity contribution in [1.29, 1.82) is 0 Å². The second-order valence-corrected chi connectivity index (χ2v) is 3.80. The topological polar surface area (TPSA) is 68.7 Å². The maximum atomic E-state index is 11.3. The first-order chi connectivity index (χ1) is 9.15. The quantitative estimate of drug-likeness (QED) is 0.913. The first kappa shape index (κ1) is 12.9. The molecule has 1 aromatic carbocycles. The second kappa shape index (κ2) is 5.39. The number of aromatic nitrogens is 1. The number of nitrogens with zero attached hydrogens (tertiary/aromatic N) is 1. The van der Waals surface area contributed by atoms with Gasteiger partial charge in [-0.3, -0.25) is 0 Å². The molecule has 5 heteroatoms. The summed E-state index contributed by atoms with van der Waals surface area (Å²) in [5.74, 6) is -0.0727. The van der Waals surface area contributed by atoms with Gasteiger partial charge in [-0.25, -0.2) is 9.78 Å². The summed E-state index contributed by atoms with van der Waals surface area (Å²) in [4.78, 5) is 15.3. The third-order valence-corrected chi connectivity index (χ3v) is 2.71. The van der Waals surface area contributed by atoms with Crippen LogP contribution in [0.2, 0.25) is 0 Å². The molecule has 2 rings (SSSR count). The van der Waals surface area contributed by atoms with Gasteiger partial charge in [0.05, 0.1) is 19.8 Å². The third-order valence-electron chi connectivity index (χ3n) is 2.71. The van der Waals surface area contributed by atoms with E-state index in [9.17, 15) is 9.90 Å². The molecule has 1 aromatic heterocycles. The molecule has 0 unspecified atom stereocenters. The summed E-state index contributed by atoms with van der Waals surface area (Å²) in [5, 5.41) is 9.27. The van der Waals surface area contributed by atoms with Crippen LogP contribution in [0.25, 0.3) is 11.1 Å². The van der Waals surface area contributed by atoms with Crippen molar-refractivity contribution in [1.82, 2.24) is 4.98 Å². The average Bonchev–Trinajstić information content (AvgIpc) is 2.46. The lowest BCUT2D eigenvalue weighted by molar-refractivity contribution is 0.0697. The Labute approximate surface area is 110 Å². The Hall–Kier alpha value is -2.56. The van der Waals surface area contributed by atoms with Gasteiger partial charge in [0.15, 0.2) is 0 Å². The summed E-state index contributed by atoms with van der Waals surface area (Å²) < 4.78 is 10.1. The highest BCUT2D eigenvalue weighted by Crippen LogP contribution is 2.28. The predicted octanol–water partition coefficient (Wildman–Crippen LogP) is 2.46. The minimum atomic E-state index is -1.01. The van der Waals surface area contributed by atoms with Crippen LogP contribution >= 0.6 is 0 Å². The van der Waals surface area contributed by atoms with Gasteiger partial charge in [-0.1, -0.05) is 0 Å². The molecule has 0 bridgehead atoms. The highest BCUT2D eigenvalue weighted by molar-refractivity contribution is 5.96. The van der Waals surface area contributed by atoms with Gasteiger partial charge in [0.25, 0.3) is 0 Å². The second-order valence-electron chi connectivity index (χ2n) is 3.80. The van der Waals surface area contributed by atoms with Crippen molar-refractivity contribution < 1.29 is 19.4 Å². The van der Waals surface area contributed by atoms with Crippen LogP contribution in [0, 0.1) is 0 Å². The molecule has 0 aliphatic carbocycles. The molecule has 98 valence electrons. The van der Waals surface area contributed by atoms with Gasteiger partial charge in [-0.15, -0.1) is 0 Å². The lowest BCUT2D eigenvalue weighted by Crippen LogP contribution is -2.00. The number of benzene rings is 1. The van der Waals surface area contributed by atoms with Crippen LogP contribution in [0.3, 0.4) is 0 Å². The molecular weight excluding hydrogens is 246 g/mol. The molecule has 5 nitrogen and oxygen atoms in total. The van der Waals surface area contributed by atoms with Crippen molar-refractivity contribution in [2.24, 2.45) is 0 Å². The van der Waals surface area contributed by atoms with Crippen molar-refractivity contribution in [3.05, 3.63) is 42.1 Å². The van der Waals surface area contributed by atoms with E-state index in [1.165, 1.54) is 20.3 Å². The van der Waals surface area contributed by atoms with Crippen LogP contribution in [-0.4, -0.2) is 30.3 Å². The molecule has 0 atom stereocenters. The summed E-state index contributed by atoms with van der Waals surface area (Å²) in [6.07, 6.45) is 1.57. The fraction of sp³-hybridized carbons (Fsp3) is 0.143. The molecule has 2 aromatic rings. The molecule has 0 radical (unpaired) electrons. The summed E-state index contributed by atoms with van der Waals surface area (Å²) in [5.41, 5.74) is 1.49. The molecule has 19 heavy (non-hydrogen) atoms. The fourth-order valence-electron chi connectivity index (χ4n) is 1.77. The van der Waals surface area contributed by atoms with Gasteiger partial charge in [0, 0.05) is 12.3 Å². The molecule has 0 saturated heterocycles. The molecule has 0 fully saturated rings. The van der Waals surface area contributed by atoms with E-state index in [0.29, 0.717) is 17.2 Å². The zero-order chi connectivity index (χ0) is 13.8. The lowest BCUT2D eigenvalue weighted by atomic mass is 10.0. The number of rotatable bonds is 4. The van der Waals surface area contributed by atoms with E-state index in [4.69, 9.17) is 9.47 Å². The van der Waals surface area contributed by atoms with Crippen molar-refractivity contribution in [2.45, 2.75) is 0 Å². The third kappa shape index (κ3) is 2.65. The summed E-state index contributed by atoms with van der Waals surface area (Å²) >= 11 is 0. The van der Waals surface area contributed by atoms with Crippen LogP contribution in [-0.2, 0) is 0 Å². The van der Waals surface area contributed by atoms with E-state index >= 15 is 0 Å². The zero-order valence-electron chi connectivity index (χ0n) is 10.6. The molecule has 0 amide bonds. The molecular formula is C14H13NO4. The van der Waals surface area contributed by atoms with E-state index in [1.54, 1.807) is 30.5 Å². The van der Waals surface area contributed by atoms with Crippen molar-refractivity contribution >= 4 is 5.97 Å². The normalized spacial score (nSPS) is 10.0. The van der Waals surface area contributed by atoms with Gasteiger partial charge in [-0.2, -0.15) is 0 Å². The van der Waals surface area contributed by atoms with Crippen LogP contribution in [0.4, 0.5) is 0 Å². The number of hydrogen-bond acceptors (Lipinski definition) is 4. The first-order valence-corrected chi connectivity index (χ1v) is 5.57. The minimum absolute atomic E-state index is 0.174. The number of carboxylic acids is 1. The number of ether oxygens (including phenoxy) is 2. The zero-order valence-corrected chi connectivity index (χ0v) is 10.6. The Balaban J connectivity index is 2.57. The van der Waals surface area contributed by atoms with Gasteiger partial charge in [0.2, 0.25) is 5.88 Å².